The number of alkyl halides is 1. The Balaban J connectivity index is 3.56. The molecule has 0 nitrogen and oxygen atoms in total. The molecule has 21 heavy (non-hydrogen) atoms. The molecule has 0 amide bonds. The van der Waals surface area contributed by atoms with E-state index < -0.39 is 0 Å². The van der Waals surface area contributed by atoms with E-state index in [2.05, 4.69) is 29.8 Å². The van der Waals surface area contributed by atoms with Crippen LogP contribution in [0.4, 0.5) is 0 Å². The summed E-state index contributed by atoms with van der Waals surface area (Å²) < 4.78 is 0. The smallest absolute Gasteiger partial charge is 0.00314 e. The summed E-state index contributed by atoms with van der Waals surface area (Å²) in [5.41, 5.74) is 0. The van der Waals surface area contributed by atoms with Gasteiger partial charge < -0.3 is 0 Å². The largest absolute Gasteiger partial charge is 0.0928 e. The molecule has 128 valence electrons. The first-order valence-corrected chi connectivity index (χ1v) is 11.0. The van der Waals surface area contributed by atoms with Crippen molar-refractivity contribution in [2.45, 2.75) is 117 Å². The van der Waals surface area contributed by atoms with Crippen LogP contribution in [0, 0.1) is 5.92 Å². The van der Waals surface area contributed by atoms with Gasteiger partial charge in [-0.15, -0.1) is 0 Å². The second kappa shape index (κ2) is 18.5. The van der Waals surface area contributed by atoms with Gasteiger partial charge in [0.1, 0.15) is 0 Å². The fourth-order valence-electron chi connectivity index (χ4n) is 3.23. The van der Waals surface area contributed by atoms with E-state index in [1.54, 1.807) is 0 Å². The lowest BCUT2D eigenvalue weighted by atomic mass is 9.90. The minimum Gasteiger partial charge on any atom is -0.0928 e. The summed E-state index contributed by atoms with van der Waals surface area (Å²) in [6.45, 7) is 4.60. The first-order chi connectivity index (χ1) is 10.3. The van der Waals surface area contributed by atoms with Crippen molar-refractivity contribution in [2.24, 2.45) is 5.92 Å². The van der Waals surface area contributed by atoms with E-state index in [0.717, 1.165) is 5.92 Å². The van der Waals surface area contributed by atoms with Crippen LogP contribution in [-0.2, 0) is 0 Å². The minimum atomic E-state index is 1.01. The molecule has 0 rings (SSSR count). The molecule has 0 aliphatic carbocycles. The maximum Gasteiger partial charge on any atom is 0.00314 e. The van der Waals surface area contributed by atoms with Crippen LogP contribution in [0.2, 0.25) is 0 Å². The van der Waals surface area contributed by atoms with Gasteiger partial charge in [-0.05, 0) is 18.8 Å². The first-order valence-electron chi connectivity index (χ1n) is 9.91. The molecule has 0 aliphatic rings. The maximum atomic E-state index is 3.60. The average Bonchev–Trinajstić information content (AvgIpc) is 2.50. The van der Waals surface area contributed by atoms with E-state index in [4.69, 9.17) is 0 Å². The summed E-state index contributed by atoms with van der Waals surface area (Å²) in [4.78, 5) is 0. The zero-order valence-corrected chi connectivity index (χ0v) is 16.6. The van der Waals surface area contributed by atoms with Gasteiger partial charge in [-0.2, -0.15) is 0 Å². The van der Waals surface area contributed by atoms with Crippen LogP contribution in [-0.4, -0.2) is 5.33 Å². The van der Waals surface area contributed by atoms with Crippen LogP contribution >= 0.6 is 15.9 Å². The van der Waals surface area contributed by atoms with E-state index in [1.807, 2.05) is 0 Å². The predicted molar refractivity (Wildman–Crippen MR) is 103 cm³/mol. The SMILES string of the molecule is CCCCCCCCC(CCCBr)CCCCCCCC. The number of rotatable bonds is 17. The Labute approximate surface area is 144 Å². The lowest BCUT2D eigenvalue weighted by Gasteiger charge is -2.16. The third-order valence-corrected chi connectivity index (χ3v) is 5.24. The van der Waals surface area contributed by atoms with Crippen molar-refractivity contribution in [1.82, 2.24) is 0 Å². The molecule has 0 saturated heterocycles. The molecule has 0 aromatic carbocycles. The maximum absolute atomic E-state index is 3.60. The molecule has 0 aromatic heterocycles. The number of unbranched alkanes of at least 4 members (excludes halogenated alkanes) is 10. The quantitative estimate of drug-likeness (QED) is 0.181. The molecular weight excluding hydrogens is 320 g/mol. The van der Waals surface area contributed by atoms with Crippen LogP contribution in [0.25, 0.3) is 0 Å². The fourth-order valence-corrected chi connectivity index (χ4v) is 3.55. The second-order valence-electron chi connectivity index (χ2n) is 6.81. The monoisotopic (exact) mass is 360 g/mol. The van der Waals surface area contributed by atoms with Crippen molar-refractivity contribution in [1.29, 1.82) is 0 Å². The van der Waals surface area contributed by atoms with Crippen molar-refractivity contribution in [3.05, 3.63) is 0 Å². The topological polar surface area (TPSA) is 0 Å². The molecule has 0 fully saturated rings. The summed E-state index contributed by atoms with van der Waals surface area (Å²) in [5.74, 6) is 1.01. The highest BCUT2D eigenvalue weighted by molar-refractivity contribution is 9.09. The fraction of sp³-hybridized carbons (Fsp3) is 1.00. The molecular formula is C20H41Br. The van der Waals surface area contributed by atoms with Crippen LogP contribution in [0.15, 0.2) is 0 Å². The van der Waals surface area contributed by atoms with Gasteiger partial charge >= 0.3 is 0 Å². The van der Waals surface area contributed by atoms with Crippen LogP contribution < -0.4 is 0 Å². The standard InChI is InChI=1S/C20H41Br/c1-3-5-7-9-11-13-16-20(18-15-19-21)17-14-12-10-8-6-4-2/h20H,3-19H2,1-2H3. The van der Waals surface area contributed by atoms with Gasteiger partial charge in [-0.3, -0.25) is 0 Å². The lowest BCUT2D eigenvalue weighted by Crippen LogP contribution is -2.02. The molecule has 0 unspecified atom stereocenters. The Morgan fingerprint density at radius 2 is 0.905 bits per heavy atom. The highest BCUT2D eigenvalue weighted by atomic mass is 79.9. The first kappa shape index (κ1) is 21.5. The van der Waals surface area contributed by atoms with Crippen molar-refractivity contribution >= 4 is 15.9 Å². The van der Waals surface area contributed by atoms with Gasteiger partial charge in [0.25, 0.3) is 0 Å². The van der Waals surface area contributed by atoms with Gasteiger partial charge in [-0.25, -0.2) is 0 Å². The van der Waals surface area contributed by atoms with Gasteiger partial charge in [0.05, 0.1) is 0 Å². The Kier molecular flexibility index (Phi) is 19.0. The third kappa shape index (κ3) is 16.7. The Morgan fingerprint density at radius 1 is 0.524 bits per heavy atom. The average molecular weight is 361 g/mol. The zero-order chi connectivity index (χ0) is 15.6. The highest BCUT2D eigenvalue weighted by Crippen LogP contribution is 2.23. The molecule has 0 aliphatic heterocycles. The van der Waals surface area contributed by atoms with Crippen LogP contribution in [0.5, 0.6) is 0 Å². The van der Waals surface area contributed by atoms with E-state index in [9.17, 15) is 0 Å². The Bertz CT molecular complexity index is 163. The minimum absolute atomic E-state index is 1.01. The number of halogens is 1. The van der Waals surface area contributed by atoms with E-state index in [-0.39, 0.29) is 0 Å². The summed E-state index contributed by atoms with van der Waals surface area (Å²) in [6.07, 6.45) is 23.2. The number of hydrogen-bond acceptors (Lipinski definition) is 0. The number of hydrogen-bond donors (Lipinski definition) is 0. The molecule has 0 atom stereocenters. The van der Waals surface area contributed by atoms with Crippen molar-refractivity contribution in [3.63, 3.8) is 0 Å². The highest BCUT2D eigenvalue weighted by Gasteiger charge is 2.08. The second-order valence-corrected chi connectivity index (χ2v) is 7.60. The summed E-state index contributed by atoms with van der Waals surface area (Å²) in [6, 6.07) is 0. The molecule has 0 aromatic rings. The van der Waals surface area contributed by atoms with Crippen molar-refractivity contribution in [2.75, 3.05) is 5.33 Å². The molecule has 0 N–H and O–H groups in total. The van der Waals surface area contributed by atoms with Crippen LogP contribution in [0.1, 0.15) is 117 Å². The molecule has 0 heterocycles. The van der Waals surface area contributed by atoms with E-state index in [0.29, 0.717) is 0 Å². The zero-order valence-electron chi connectivity index (χ0n) is 15.0. The third-order valence-electron chi connectivity index (χ3n) is 4.68. The van der Waals surface area contributed by atoms with Crippen molar-refractivity contribution in [3.8, 4) is 0 Å². The molecule has 0 spiro atoms. The Hall–Kier alpha value is 0.480. The molecule has 0 radical (unpaired) electrons. The van der Waals surface area contributed by atoms with Crippen molar-refractivity contribution < 1.29 is 0 Å². The van der Waals surface area contributed by atoms with Gasteiger partial charge in [-0.1, -0.05) is 120 Å². The molecule has 0 bridgehead atoms. The summed E-state index contributed by atoms with van der Waals surface area (Å²) in [7, 11) is 0. The summed E-state index contributed by atoms with van der Waals surface area (Å²) in [5, 5.41) is 1.19. The molecule has 1 heteroatoms. The van der Waals surface area contributed by atoms with Gasteiger partial charge in [0, 0.05) is 5.33 Å². The normalized spacial score (nSPS) is 11.4. The van der Waals surface area contributed by atoms with Gasteiger partial charge in [0.15, 0.2) is 0 Å². The predicted octanol–water partition coefficient (Wildman–Crippen LogP) is 8.28. The lowest BCUT2D eigenvalue weighted by molar-refractivity contribution is 0.378. The van der Waals surface area contributed by atoms with Gasteiger partial charge in [0.2, 0.25) is 0 Å². The molecule has 0 saturated carbocycles. The Morgan fingerprint density at radius 3 is 1.33 bits per heavy atom. The van der Waals surface area contributed by atoms with E-state index in [1.165, 1.54) is 108 Å². The van der Waals surface area contributed by atoms with Crippen LogP contribution in [0.3, 0.4) is 0 Å². The summed E-state index contributed by atoms with van der Waals surface area (Å²) >= 11 is 3.60. The van der Waals surface area contributed by atoms with E-state index >= 15 is 0 Å².